The molecule has 0 aliphatic heterocycles. The van der Waals surface area contributed by atoms with Crippen molar-refractivity contribution in [3.8, 4) is 11.1 Å². The van der Waals surface area contributed by atoms with Gasteiger partial charge in [-0.25, -0.2) is 9.97 Å². The summed E-state index contributed by atoms with van der Waals surface area (Å²) in [6.07, 6.45) is 3.34. The first-order valence-corrected chi connectivity index (χ1v) is 9.21. The van der Waals surface area contributed by atoms with E-state index in [1.54, 1.807) is 6.20 Å². The molecule has 0 bridgehead atoms. The molecule has 1 unspecified atom stereocenters. The monoisotopic (exact) mass is 358 g/mol. The second-order valence-electron chi connectivity index (χ2n) is 6.60. The third kappa shape index (κ3) is 3.53. The summed E-state index contributed by atoms with van der Waals surface area (Å²) in [4.78, 5) is 14.0. The van der Waals surface area contributed by atoms with Gasteiger partial charge in [-0.2, -0.15) is 0 Å². The highest BCUT2D eigenvalue weighted by molar-refractivity contribution is 6.02. The quantitative estimate of drug-likeness (QED) is 0.710. The van der Waals surface area contributed by atoms with Crippen molar-refractivity contribution in [2.24, 2.45) is 5.16 Å². The number of nitrogens with two attached hydrogens (primary N) is 1. The molecule has 4 rings (SSSR count). The van der Waals surface area contributed by atoms with Crippen LogP contribution in [-0.2, 0) is 11.3 Å². The maximum Gasteiger partial charge on any atom is 0.220 e. The second-order valence-corrected chi connectivity index (χ2v) is 6.60. The molecule has 5 nitrogen and oxygen atoms in total. The van der Waals surface area contributed by atoms with E-state index in [1.807, 2.05) is 13.0 Å². The van der Waals surface area contributed by atoms with Gasteiger partial charge in [0.1, 0.15) is 6.61 Å². The Kier molecular flexibility index (Phi) is 4.83. The van der Waals surface area contributed by atoms with Gasteiger partial charge in [0, 0.05) is 18.2 Å². The van der Waals surface area contributed by atoms with Crippen LogP contribution in [0.3, 0.4) is 0 Å². The SMILES string of the molecule is CCON=C1CC(c2ccccc2-c2ccccc2)Cc2nc(N)ncc21. The van der Waals surface area contributed by atoms with Crippen LogP contribution in [0.15, 0.2) is 65.9 Å². The molecule has 5 heteroatoms. The van der Waals surface area contributed by atoms with Crippen LogP contribution >= 0.6 is 0 Å². The molecule has 0 amide bonds. The van der Waals surface area contributed by atoms with E-state index in [0.717, 1.165) is 29.8 Å². The largest absolute Gasteiger partial charge is 0.396 e. The Labute approximate surface area is 158 Å². The van der Waals surface area contributed by atoms with Crippen molar-refractivity contribution < 1.29 is 4.84 Å². The van der Waals surface area contributed by atoms with Crippen molar-refractivity contribution in [2.45, 2.75) is 25.7 Å². The maximum atomic E-state index is 5.84. The molecule has 0 saturated carbocycles. The number of rotatable bonds is 4. The summed E-state index contributed by atoms with van der Waals surface area (Å²) in [6.45, 7) is 2.45. The molecule has 0 radical (unpaired) electrons. The Morgan fingerprint density at radius 2 is 1.81 bits per heavy atom. The lowest BCUT2D eigenvalue weighted by Gasteiger charge is -2.27. The molecule has 3 aromatic rings. The first-order chi connectivity index (χ1) is 13.3. The van der Waals surface area contributed by atoms with Gasteiger partial charge < -0.3 is 10.6 Å². The number of nitrogen functional groups attached to an aromatic ring is 1. The molecule has 1 atom stereocenters. The van der Waals surface area contributed by atoms with Crippen molar-refractivity contribution in [1.82, 2.24) is 9.97 Å². The van der Waals surface area contributed by atoms with Gasteiger partial charge in [0.25, 0.3) is 0 Å². The standard InChI is InChI=1S/C22H22N4O/c1-2-27-26-21-13-16(12-20-19(21)14-24-22(23)25-20)18-11-7-6-10-17(18)15-8-4-3-5-9-15/h3-11,14,16H,2,12-13H2,1H3,(H2,23,24,25). The van der Waals surface area contributed by atoms with Gasteiger partial charge in [-0.3, -0.25) is 0 Å². The smallest absolute Gasteiger partial charge is 0.220 e. The third-order valence-electron chi connectivity index (χ3n) is 4.87. The number of benzene rings is 2. The van der Waals surface area contributed by atoms with Crippen LogP contribution in [0.1, 0.15) is 36.1 Å². The first kappa shape index (κ1) is 17.2. The summed E-state index contributed by atoms with van der Waals surface area (Å²) in [6, 6.07) is 19.0. The number of anilines is 1. The third-order valence-corrected chi connectivity index (χ3v) is 4.87. The van der Waals surface area contributed by atoms with Crippen LogP contribution in [0.5, 0.6) is 0 Å². The fraction of sp³-hybridized carbons (Fsp3) is 0.227. The van der Waals surface area contributed by atoms with Crippen molar-refractivity contribution in [2.75, 3.05) is 12.3 Å². The van der Waals surface area contributed by atoms with Gasteiger partial charge >= 0.3 is 0 Å². The summed E-state index contributed by atoms with van der Waals surface area (Å²) < 4.78 is 0. The highest BCUT2D eigenvalue weighted by Crippen LogP contribution is 2.37. The Morgan fingerprint density at radius 3 is 2.63 bits per heavy atom. The zero-order chi connectivity index (χ0) is 18.6. The molecule has 1 aromatic heterocycles. The zero-order valence-corrected chi connectivity index (χ0v) is 15.3. The molecule has 0 fully saturated rings. The van der Waals surface area contributed by atoms with Gasteiger partial charge in [-0.1, -0.05) is 59.8 Å². The topological polar surface area (TPSA) is 73.4 Å². The Balaban J connectivity index is 1.78. The lowest BCUT2D eigenvalue weighted by molar-refractivity contribution is 0.158. The lowest BCUT2D eigenvalue weighted by Crippen LogP contribution is -2.22. The average molecular weight is 358 g/mol. The van der Waals surface area contributed by atoms with Gasteiger partial charge in [-0.05, 0) is 36.0 Å². The van der Waals surface area contributed by atoms with Crippen molar-refractivity contribution in [1.29, 1.82) is 0 Å². The van der Waals surface area contributed by atoms with Gasteiger partial charge in [0.05, 0.1) is 11.4 Å². The molecule has 1 heterocycles. The number of nitrogens with zero attached hydrogens (tertiary/aromatic N) is 3. The Bertz CT molecular complexity index is 969. The molecule has 27 heavy (non-hydrogen) atoms. The van der Waals surface area contributed by atoms with E-state index in [2.05, 4.69) is 63.7 Å². The summed E-state index contributed by atoms with van der Waals surface area (Å²) in [5, 5.41) is 4.35. The zero-order valence-electron chi connectivity index (χ0n) is 15.3. The predicted octanol–water partition coefficient (Wildman–Crippen LogP) is 4.20. The highest BCUT2D eigenvalue weighted by atomic mass is 16.6. The average Bonchev–Trinajstić information content (AvgIpc) is 2.72. The first-order valence-electron chi connectivity index (χ1n) is 9.21. The molecule has 1 aliphatic rings. The minimum Gasteiger partial charge on any atom is -0.396 e. The lowest BCUT2D eigenvalue weighted by atomic mass is 9.79. The van der Waals surface area contributed by atoms with Gasteiger partial charge in [0.2, 0.25) is 5.95 Å². The van der Waals surface area contributed by atoms with Crippen molar-refractivity contribution >= 4 is 11.7 Å². The summed E-state index contributed by atoms with van der Waals surface area (Å²) in [5.41, 5.74) is 12.3. The van der Waals surface area contributed by atoms with E-state index in [0.29, 0.717) is 12.6 Å². The molecule has 2 N–H and O–H groups in total. The summed E-state index contributed by atoms with van der Waals surface area (Å²) in [5.74, 6) is 0.545. The van der Waals surface area contributed by atoms with Gasteiger partial charge in [0.15, 0.2) is 0 Å². The molecular weight excluding hydrogens is 336 g/mol. The Morgan fingerprint density at radius 1 is 1.04 bits per heavy atom. The van der Waals surface area contributed by atoms with E-state index >= 15 is 0 Å². The molecule has 2 aromatic carbocycles. The van der Waals surface area contributed by atoms with E-state index in [1.165, 1.54) is 16.7 Å². The minimum atomic E-state index is 0.252. The van der Waals surface area contributed by atoms with Crippen LogP contribution in [0.2, 0.25) is 0 Å². The number of fused-ring (bicyclic) bond motifs is 1. The van der Waals surface area contributed by atoms with Crippen LogP contribution in [0.4, 0.5) is 5.95 Å². The normalized spacial score (nSPS) is 17.5. The highest BCUT2D eigenvalue weighted by Gasteiger charge is 2.28. The number of hydrogen-bond donors (Lipinski definition) is 1. The van der Waals surface area contributed by atoms with Crippen LogP contribution in [0, 0.1) is 0 Å². The molecule has 136 valence electrons. The van der Waals surface area contributed by atoms with E-state index < -0.39 is 0 Å². The van der Waals surface area contributed by atoms with E-state index in [9.17, 15) is 0 Å². The molecular formula is C22H22N4O. The van der Waals surface area contributed by atoms with Crippen LogP contribution in [0.25, 0.3) is 11.1 Å². The summed E-state index contributed by atoms with van der Waals surface area (Å²) in [7, 11) is 0. The second kappa shape index (κ2) is 7.58. The van der Waals surface area contributed by atoms with E-state index in [4.69, 9.17) is 10.6 Å². The van der Waals surface area contributed by atoms with Crippen molar-refractivity contribution in [3.05, 3.63) is 77.6 Å². The Hall–Kier alpha value is -3.21. The van der Waals surface area contributed by atoms with Crippen molar-refractivity contribution in [3.63, 3.8) is 0 Å². The van der Waals surface area contributed by atoms with Crippen LogP contribution in [-0.4, -0.2) is 22.3 Å². The minimum absolute atomic E-state index is 0.252. The molecule has 1 aliphatic carbocycles. The fourth-order valence-corrected chi connectivity index (χ4v) is 3.66. The fourth-order valence-electron chi connectivity index (χ4n) is 3.66. The van der Waals surface area contributed by atoms with E-state index in [-0.39, 0.29) is 5.92 Å². The number of hydrogen-bond acceptors (Lipinski definition) is 5. The molecule has 0 saturated heterocycles. The van der Waals surface area contributed by atoms with Gasteiger partial charge in [-0.15, -0.1) is 0 Å². The number of oxime groups is 1. The molecule has 0 spiro atoms. The number of aromatic nitrogens is 2. The maximum absolute atomic E-state index is 5.84. The summed E-state index contributed by atoms with van der Waals surface area (Å²) >= 11 is 0. The predicted molar refractivity (Wildman–Crippen MR) is 108 cm³/mol. The van der Waals surface area contributed by atoms with Crippen LogP contribution < -0.4 is 5.73 Å².